The molecule has 0 unspecified atom stereocenters. The van der Waals surface area contributed by atoms with E-state index < -0.39 is 5.54 Å². The molecule has 1 amide bonds. The summed E-state index contributed by atoms with van der Waals surface area (Å²) in [6.07, 6.45) is 8.41. The van der Waals surface area contributed by atoms with Crippen molar-refractivity contribution in [3.05, 3.63) is 30.1 Å². The van der Waals surface area contributed by atoms with Crippen molar-refractivity contribution in [3.63, 3.8) is 0 Å². The van der Waals surface area contributed by atoms with Gasteiger partial charge in [0.15, 0.2) is 0 Å². The molecule has 0 bridgehead atoms. The molecule has 0 aromatic carbocycles. The summed E-state index contributed by atoms with van der Waals surface area (Å²) in [4.78, 5) is 18.8. The fraction of sp³-hybridized carbons (Fsp3) is 0.571. The first-order valence-electron chi connectivity index (χ1n) is 7.32. The summed E-state index contributed by atoms with van der Waals surface area (Å²) in [5, 5.41) is 8.90. The van der Waals surface area contributed by atoms with Crippen molar-refractivity contribution in [2.75, 3.05) is 13.1 Å². The number of piperidine rings is 1. The van der Waals surface area contributed by atoms with Gasteiger partial charge in [-0.25, -0.2) is 9.67 Å². The third-order valence-corrected chi connectivity index (χ3v) is 4.34. The number of aromatic nitrogens is 5. The lowest BCUT2D eigenvalue weighted by atomic mass is 9.99. The number of rotatable bonds is 3. The molecule has 2 aromatic rings. The molecule has 22 heavy (non-hydrogen) atoms. The minimum absolute atomic E-state index is 0.0390. The molecule has 0 radical (unpaired) electrons. The summed E-state index contributed by atoms with van der Waals surface area (Å²) in [5.74, 6) is 0.0390. The molecule has 0 aliphatic carbocycles. The highest BCUT2D eigenvalue weighted by Gasteiger charge is 2.37. The van der Waals surface area contributed by atoms with Crippen LogP contribution < -0.4 is 0 Å². The number of halogens is 1. The van der Waals surface area contributed by atoms with Crippen molar-refractivity contribution < 1.29 is 4.79 Å². The standard InChI is InChI=1S/C14H19ClN6O/c1-14(2,21-7-11(15)6-17-21)13(22)19-5-3-4-12(8-19)20-10-16-9-18-20/h6-7,9-10,12H,3-5,8H2,1-2H3/t12-/m0/s1. The maximum atomic E-state index is 12.9. The first-order valence-corrected chi connectivity index (χ1v) is 7.70. The van der Waals surface area contributed by atoms with E-state index in [1.165, 1.54) is 6.33 Å². The van der Waals surface area contributed by atoms with Gasteiger partial charge < -0.3 is 4.90 Å². The predicted molar refractivity (Wildman–Crippen MR) is 81.4 cm³/mol. The highest BCUT2D eigenvalue weighted by molar-refractivity contribution is 6.30. The van der Waals surface area contributed by atoms with Gasteiger partial charge in [0.1, 0.15) is 18.2 Å². The maximum Gasteiger partial charge on any atom is 0.250 e. The number of hydrogen-bond donors (Lipinski definition) is 0. The largest absolute Gasteiger partial charge is 0.338 e. The zero-order valence-electron chi connectivity index (χ0n) is 12.7. The van der Waals surface area contributed by atoms with Gasteiger partial charge in [0.2, 0.25) is 5.91 Å². The SMILES string of the molecule is CC(C)(C(=O)N1CCC[C@H](n2cncn2)C1)n1cc(Cl)cn1. The fourth-order valence-electron chi connectivity index (χ4n) is 2.85. The molecule has 3 heterocycles. The Morgan fingerprint density at radius 3 is 2.86 bits per heavy atom. The van der Waals surface area contributed by atoms with Gasteiger partial charge in [-0.15, -0.1) is 0 Å². The van der Waals surface area contributed by atoms with Crippen molar-refractivity contribution in [3.8, 4) is 0 Å². The summed E-state index contributed by atoms with van der Waals surface area (Å²) < 4.78 is 3.45. The van der Waals surface area contributed by atoms with Gasteiger partial charge in [-0.2, -0.15) is 10.2 Å². The molecule has 3 rings (SSSR count). The van der Waals surface area contributed by atoms with Crippen molar-refractivity contribution in [2.24, 2.45) is 0 Å². The Kier molecular flexibility index (Phi) is 3.90. The summed E-state index contributed by atoms with van der Waals surface area (Å²) in [5.41, 5.74) is -0.766. The lowest BCUT2D eigenvalue weighted by molar-refractivity contribution is -0.141. The second-order valence-corrected chi connectivity index (χ2v) is 6.52. The van der Waals surface area contributed by atoms with Crippen LogP contribution in [0.25, 0.3) is 0 Å². The monoisotopic (exact) mass is 322 g/mol. The van der Waals surface area contributed by atoms with Crippen LogP contribution in [0.3, 0.4) is 0 Å². The minimum atomic E-state index is -0.766. The number of amides is 1. The number of carbonyl (C=O) groups is 1. The van der Waals surface area contributed by atoms with Crippen LogP contribution in [-0.2, 0) is 10.3 Å². The zero-order valence-corrected chi connectivity index (χ0v) is 13.4. The summed E-state index contributed by atoms with van der Waals surface area (Å²) in [6, 6.07) is 0.178. The van der Waals surface area contributed by atoms with Crippen LogP contribution in [0.2, 0.25) is 5.02 Å². The van der Waals surface area contributed by atoms with Gasteiger partial charge in [0.25, 0.3) is 0 Å². The third-order valence-electron chi connectivity index (χ3n) is 4.14. The highest BCUT2D eigenvalue weighted by atomic mass is 35.5. The first-order chi connectivity index (χ1) is 10.5. The summed E-state index contributed by atoms with van der Waals surface area (Å²) in [6.45, 7) is 5.11. The quantitative estimate of drug-likeness (QED) is 0.863. The Bertz CT molecular complexity index is 650. The first kappa shape index (κ1) is 15.0. The summed E-state index contributed by atoms with van der Waals surface area (Å²) >= 11 is 5.92. The van der Waals surface area contributed by atoms with E-state index in [9.17, 15) is 4.79 Å². The van der Waals surface area contributed by atoms with Crippen LogP contribution in [0, 0.1) is 0 Å². The third kappa shape index (κ3) is 2.72. The zero-order chi connectivity index (χ0) is 15.7. The second kappa shape index (κ2) is 5.72. The van der Waals surface area contributed by atoms with E-state index in [1.54, 1.807) is 23.4 Å². The Hall–Kier alpha value is -1.89. The molecule has 1 aliphatic heterocycles. The predicted octanol–water partition coefficient (Wildman–Crippen LogP) is 1.73. The van der Waals surface area contributed by atoms with Crippen LogP contribution >= 0.6 is 11.6 Å². The van der Waals surface area contributed by atoms with Crippen LogP contribution in [0.1, 0.15) is 32.7 Å². The van der Waals surface area contributed by atoms with E-state index in [0.717, 1.165) is 19.4 Å². The molecule has 0 N–H and O–H groups in total. The average Bonchev–Trinajstić information content (AvgIpc) is 3.18. The molecule has 0 spiro atoms. The fourth-order valence-corrected chi connectivity index (χ4v) is 2.99. The topological polar surface area (TPSA) is 68.8 Å². The van der Waals surface area contributed by atoms with E-state index in [1.807, 2.05) is 23.4 Å². The van der Waals surface area contributed by atoms with E-state index in [4.69, 9.17) is 11.6 Å². The highest BCUT2D eigenvalue weighted by Crippen LogP contribution is 2.26. The second-order valence-electron chi connectivity index (χ2n) is 6.08. The lowest BCUT2D eigenvalue weighted by Crippen LogP contribution is -2.50. The van der Waals surface area contributed by atoms with Crippen LogP contribution in [-0.4, -0.2) is 48.4 Å². The average molecular weight is 323 g/mol. The molecule has 1 fully saturated rings. The van der Waals surface area contributed by atoms with Gasteiger partial charge in [-0.1, -0.05) is 11.6 Å². The van der Waals surface area contributed by atoms with Gasteiger partial charge in [0.05, 0.1) is 17.3 Å². The maximum absolute atomic E-state index is 12.9. The van der Waals surface area contributed by atoms with Gasteiger partial charge in [-0.3, -0.25) is 9.48 Å². The molecular formula is C14H19ClN6O. The molecule has 2 aromatic heterocycles. The smallest absolute Gasteiger partial charge is 0.250 e. The van der Waals surface area contributed by atoms with Gasteiger partial charge in [0, 0.05) is 19.3 Å². The van der Waals surface area contributed by atoms with Crippen LogP contribution in [0.15, 0.2) is 25.0 Å². The Labute approximate surface area is 133 Å². The van der Waals surface area contributed by atoms with Crippen LogP contribution in [0.5, 0.6) is 0 Å². The number of nitrogens with zero attached hydrogens (tertiary/aromatic N) is 6. The molecule has 7 nitrogen and oxygen atoms in total. The van der Waals surface area contributed by atoms with Crippen molar-refractivity contribution >= 4 is 17.5 Å². The van der Waals surface area contributed by atoms with E-state index in [0.29, 0.717) is 11.6 Å². The van der Waals surface area contributed by atoms with Gasteiger partial charge in [-0.05, 0) is 26.7 Å². The Balaban J connectivity index is 1.76. The Morgan fingerprint density at radius 1 is 1.41 bits per heavy atom. The summed E-state index contributed by atoms with van der Waals surface area (Å²) in [7, 11) is 0. The van der Waals surface area contributed by atoms with Gasteiger partial charge >= 0.3 is 0 Å². The van der Waals surface area contributed by atoms with E-state index in [-0.39, 0.29) is 11.9 Å². The van der Waals surface area contributed by atoms with E-state index in [2.05, 4.69) is 15.2 Å². The molecule has 1 aliphatic rings. The van der Waals surface area contributed by atoms with Crippen molar-refractivity contribution in [2.45, 2.75) is 38.3 Å². The van der Waals surface area contributed by atoms with Crippen LogP contribution in [0.4, 0.5) is 0 Å². The normalized spacial score (nSPS) is 19.4. The van der Waals surface area contributed by atoms with Crippen molar-refractivity contribution in [1.82, 2.24) is 29.4 Å². The van der Waals surface area contributed by atoms with Crippen molar-refractivity contribution in [1.29, 1.82) is 0 Å². The molecular weight excluding hydrogens is 304 g/mol. The number of likely N-dealkylation sites (tertiary alicyclic amines) is 1. The molecule has 8 heteroatoms. The molecule has 0 saturated carbocycles. The Morgan fingerprint density at radius 2 is 2.23 bits per heavy atom. The lowest BCUT2D eigenvalue weighted by Gasteiger charge is -2.37. The molecule has 1 atom stereocenters. The van der Waals surface area contributed by atoms with E-state index >= 15 is 0 Å². The number of carbonyl (C=O) groups excluding carboxylic acids is 1. The molecule has 118 valence electrons. The molecule has 1 saturated heterocycles. The minimum Gasteiger partial charge on any atom is -0.338 e. The number of hydrogen-bond acceptors (Lipinski definition) is 4.